The summed E-state index contributed by atoms with van der Waals surface area (Å²) in [7, 11) is 0. The van der Waals surface area contributed by atoms with Crippen molar-refractivity contribution < 1.29 is 0 Å². The van der Waals surface area contributed by atoms with Crippen LogP contribution in [0.1, 0.15) is 25.5 Å². The lowest BCUT2D eigenvalue weighted by Gasteiger charge is -2.37. The summed E-state index contributed by atoms with van der Waals surface area (Å²) >= 11 is 0. The van der Waals surface area contributed by atoms with Gasteiger partial charge in [-0.15, -0.1) is 0 Å². The molecule has 0 bridgehead atoms. The van der Waals surface area contributed by atoms with Gasteiger partial charge in [0.25, 0.3) is 0 Å². The van der Waals surface area contributed by atoms with E-state index in [4.69, 9.17) is 0 Å². The van der Waals surface area contributed by atoms with E-state index in [1.807, 2.05) is 4.68 Å². The predicted molar refractivity (Wildman–Crippen MR) is 89.2 cm³/mol. The summed E-state index contributed by atoms with van der Waals surface area (Å²) in [5.41, 5.74) is 2.86. The van der Waals surface area contributed by atoms with Crippen LogP contribution in [0.4, 0.5) is 5.69 Å². The molecule has 2 aromatic rings. The van der Waals surface area contributed by atoms with E-state index in [1.165, 1.54) is 11.3 Å². The number of nitrogens with zero attached hydrogens (tertiary/aromatic N) is 5. The maximum Gasteiger partial charge on any atom is 0.137 e. The number of benzene rings is 1. The van der Waals surface area contributed by atoms with Crippen LogP contribution in [-0.4, -0.2) is 52.4 Å². The van der Waals surface area contributed by atoms with Crippen molar-refractivity contribution in [1.29, 1.82) is 0 Å². The maximum atomic E-state index is 4.24. The van der Waals surface area contributed by atoms with Crippen molar-refractivity contribution in [2.45, 2.75) is 26.3 Å². The van der Waals surface area contributed by atoms with Gasteiger partial charge in [0.2, 0.25) is 0 Å². The monoisotopic (exact) mass is 299 g/mol. The number of hydrogen-bond donors (Lipinski definition) is 0. The highest BCUT2D eigenvalue weighted by molar-refractivity contribution is 5.54. The number of aromatic nitrogens is 3. The normalized spacial score (nSPS) is 17.6. The van der Waals surface area contributed by atoms with Crippen LogP contribution in [0.25, 0.3) is 0 Å². The molecule has 0 amide bonds. The van der Waals surface area contributed by atoms with Crippen molar-refractivity contribution in [2.75, 3.05) is 37.6 Å². The van der Waals surface area contributed by atoms with E-state index in [0.29, 0.717) is 6.04 Å². The average Bonchev–Trinajstić information content (AvgIpc) is 3.10. The van der Waals surface area contributed by atoms with Crippen LogP contribution in [0.2, 0.25) is 0 Å². The molecule has 0 radical (unpaired) electrons. The van der Waals surface area contributed by atoms with Crippen molar-refractivity contribution in [2.24, 2.45) is 0 Å². The smallest absolute Gasteiger partial charge is 0.137 e. The van der Waals surface area contributed by atoms with Gasteiger partial charge in [-0.3, -0.25) is 4.90 Å². The third-order valence-corrected chi connectivity index (χ3v) is 4.50. The zero-order chi connectivity index (χ0) is 15.4. The molecule has 1 atom stereocenters. The first-order chi connectivity index (χ1) is 10.8. The summed E-state index contributed by atoms with van der Waals surface area (Å²) in [6.45, 7) is 9.88. The SMILES string of the molecule is CCc1ccccc1N1CCN(CC(C)n2cncn2)CC1. The summed E-state index contributed by atoms with van der Waals surface area (Å²) in [4.78, 5) is 9.08. The van der Waals surface area contributed by atoms with Gasteiger partial charge in [0.15, 0.2) is 0 Å². The Morgan fingerprint density at radius 2 is 1.91 bits per heavy atom. The van der Waals surface area contributed by atoms with Crippen molar-refractivity contribution >= 4 is 5.69 Å². The third-order valence-electron chi connectivity index (χ3n) is 4.50. The molecule has 3 rings (SSSR count). The summed E-state index contributed by atoms with van der Waals surface area (Å²) in [5.74, 6) is 0. The number of aryl methyl sites for hydroxylation is 1. The molecule has 1 saturated heterocycles. The molecule has 2 heterocycles. The molecule has 0 N–H and O–H groups in total. The Hall–Kier alpha value is -1.88. The lowest BCUT2D eigenvalue weighted by atomic mass is 10.1. The van der Waals surface area contributed by atoms with E-state index < -0.39 is 0 Å². The number of anilines is 1. The van der Waals surface area contributed by atoms with Gasteiger partial charge in [-0.2, -0.15) is 5.10 Å². The Kier molecular flexibility index (Phi) is 4.73. The van der Waals surface area contributed by atoms with Gasteiger partial charge in [0.05, 0.1) is 6.04 Å². The first-order valence-corrected chi connectivity index (χ1v) is 8.17. The molecule has 5 nitrogen and oxygen atoms in total. The fourth-order valence-electron chi connectivity index (χ4n) is 3.19. The van der Waals surface area contributed by atoms with Gasteiger partial charge in [-0.05, 0) is 25.0 Å². The Balaban J connectivity index is 1.56. The summed E-state index contributed by atoms with van der Waals surface area (Å²) in [6, 6.07) is 9.16. The fourth-order valence-corrected chi connectivity index (χ4v) is 3.19. The molecule has 1 aliphatic heterocycles. The zero-order valence-corrected chi connectivity index (χ0v) is 13.5. The average molecular weight is 299 g/mol. The molecule has 0 spiro atoms. The lowest BCUT2D eigenvalue weighted by molar-refractivity contribution is 0.219. The van der Waals surface area contributed by atoms with Crippen LogP contribution in [0.3, 0.4) is 0 Å². The topological polar surface area (TPSA) is 37.2 Å². The van der Waals surface area contributed by atoms with Crippen LogP contribution in [0.5, 0.6) is 0 Å². The van der Waals surface area contributed by atoms with Crippen molar-refractivity contribution in [3.63, 3.8) is 0 Å². The lowest BCUT2D eigenvalue weighted by Crippen LogP contribution is -2.48. The van der Waals surface area contributed by atoms with Gasteiger partial charge in [0.1, 0.15) is 12.7 Å². The summed E-state index contributed by atoms with van der Waals surface area (Å²) < 4.78 is 1.94. The fraction of sp³-hybridized carbons (Fsp3) is 0.529. The van der Waals surface area contributed by atoms with Gasteiger partial charge >= 0.3 is 0 Å². The minimum Gasteiger partial charge on any atom is -0.369 e. The predicted octanol–water partition coefficient (Wildman–Crippen LogP) is 2.22. The first-order valence-electron chi connectivity index (χ1n) is 8.17. The quantitative estimate of drug-likeness (QED) is 0.848. The molecule has 118 valence electrons. The second-order valence-corrected chi connectivity index (χ2v) is 5.99. The second kappa shape index (κ2) is 6.92. The zero-order valence-electron chi connectivity index (χ0n) is 13.5. The largest absolute Gasteiger partial charge is 0.369 e. The van der Waals surface area contributed by atoms with E-state index in [2.05, 4.69) is 58.0 Å². The molecule has 0 aliphatic carbocycles. The standard InChI is InChI=1S/C17H25N5/c1-3-16-6-4-5-7-17(16)21-10-8-20(9-11-21)12-15(2)22-14-18-13-19-22/h4-7,13-15H,3,8-12H2,1-2H3. The van der Waals surface area contributed by atoms with E-state index >= 15 is 0 Å². The van der Waals surface area contributed by atoms with Gasteiger partial charge < -0.3 is 4.90 Å². The van der Waals surface area contributed by atoms with Gasteiger partial charge in [0, 0.05) is 38.4 Å². The number of piperazine rings is 1. The summed E-state index contributed by atoms with van der Waals surface area (Å²) in [5, 5.41) is 4.24. The molecule has 22 heavy (non-hydrogen) atoms. The molecule has 1 fully saturated rings. The van der Waals surface area contributed by atoms with Crippen LogP contribution in [0.15, 0.2) is 36.9 Å². The highest BCUT2D eigenvalue weighted by Crippen LogP contribution is 2.22. The first kappa shape index (κ1) is 15.0. The molecule has 5 heteroatoms. The van der Waals surface area contributed by atoms with Gasteiger partial charge in [-0.25, -0.2) is 9.67 Å². The van der Waals surface area contributed by atoms with Crippen LogP contribution >= 0.6 is 0 Å². The Labute approximate surface area is 132 Å². The van der Waals surface area contributed by atoms with E-state index in [1.54, 1.807) is 12.7 Å². The molecule has 1 aliphatic rings. The van der Waals surface area contributed by atoms with Gasteiger partial charge in [-0.1, -0.05) is 25.1 Å². The van der Waals surface area contributed by atoms with Crippen LogP contribution in [-0.2, 0) is 6.42 Å². The number of rotatable bonds is 5. The summed E-state index contributed by atoms with van der Waals surface area (Å²) in [6.07, 6.45) is 4.51. The van der Waals surface area contributed by atoms with E-state index in [-0.39, 0.29) is 0 Å². The second-order valence-electron chi connectivity index (χ2n) is 5.99. The number of para-hydroxylation sites is 1. The molecule has 1 unspecified atom stereocenters. The highest BCUT2D eigenvalue weighted by Gasteiger charge is 2.20. The number of hydrogen-bond acceptors (Lipinski definition) is 4. The Morgan fingerprint density at radius 3 is 2.59 bits per heavy atom. The maximum absolute atomic E-state index is 4.24. The Morgan fingerprint density at radius 1 is 1.14 bits per heavy atom. The van der Waals surface area contributed by atoms with Crippen LogP contribution in [0, 0.1) is 0 Å². The third kappa shape index (κ3) is 3.30. The Bertz CT molecular complexity index is 572. The van der Waals surface area contributed by atoms with E-state index in [0.717, 1.165) is 39.1 Å². The van der Waals surface area contributed by atoms with Crippen LogP contribution < -0.4 is 4.90 Å². The molecule has 0 saturated carbocycles. The van der Waals surface area contributed by atoms with Crippen molar-refractivity contribution in [3.05, 3.63) is 42.5 Å². The molecule has 1 aromatic heterocycles. The molecule has 1 aromatic carbocycles. The molecular formula is C17H25N5. The minimum atomic E-state index is 0.372. The van der Waals surface area contributed by atoms with E-state index in [9.17, 15) is 0 Å². The van der Waals surface area contributed by atoms with Crippen molar-refractivity contribution in [3.8, 4) is 0 Å². The minimum absolute atomic E-state index is 0.372. The highest BCUT2D eigenvalue weighted by atomic mass is 15.4. The van der Waals surface area contributed by atoms with Crippen molar-refractivity contribution in [1.82, 2.24) is 19.7 Å². The molecular weight excluding hydrogens is 274 g/mol.